The van der Waals surface area contributed by atoms with Gasteiger partial charge < -0.3 is 4.74 Å². The molecule has 1 aromatic heterocycles. The molecule has 0 spiro atoms. The van der Waals surface area contributed by atoms with Crippen LogP contribution in [0.3, 0.4) is 0 Å². The lowest BCUT2D eigenvalue weighted by atomic mass is 10.1. The SMILES string of the molecule is CCn1cc(-c2cc(F)cc(OCCC3CC3(F)F)c2)cn1. The number of hydrogen-bond donors (Lipinski definition) is 0. The lowest BCUT2D eigenvalue weighted by Gasteiger charge is -2.08. The van der Waals surface area contributed by atoms with Gasteiger partial charge in [0.2, 0.25) is 0 Å². The monoisotopic (exact) mass is 310 g/mol. The summed E-state index contributed by atoms with van der Waals surface area (Å²) < 4.78 is 46.4. The van der Waals surface area contributed by atoms with Gasteiger partial charge in [0, 0.05) is 36.7 Å². The van der Waals surface area contributed by atoms with Crippen LogP contribution in [-0.4, -0.2) is 22.3 Å². The number of hydrogen-bond acceptors (Lipinski definition) is 2. The molecule has 0 bridgehead atoms. The van der Waals surface area contributed by atoms with Crippen LogP contribution >= 0.6 is 0 Å². The van der Waals surface area contributed by atoms with Crippen LogP contribution in [0.1, 0.15) is 19.8 Å². The molecule has 22 heavy (non-hydrogen) atoms. The van der Waals surface area contributed by atoms with Crippen LogP contribution in [0.25, 0.3) is 11.1 Å². The Labute approximate surface area is 126 Å². The van der Waals surface area contributed by atoms with E-state index in [1.54, 1.807) is 16.9 Å². The molecule has 0 amide bonds. The van der Waals surface area contributed by atoms with Gasteiger partial charge >= 0.3 is 0 Å². The second-order valence-electron chi connectivity index (χ2n) is 5.56. The largest absolute Gasteiger partial charge is 0.493 e. The molecule has 1 unspecified atom stereocenters. The lowest BCUT2D eigenvalue weighted by molar-refractivity contribution is 0.0930. The highest BCUT2D eigenvalue weighted by atomic mass is 19.3. The molecule has 3 rings (SSSR count). The highest BCUT2D eigenvalue weighted by Gasteiger charge is 2.56. The Balaban J connectivity index is 1.67. The molecule has 0 saturated heterocycles. The van der Waals surface area contributed by atoms with Crippen molar-refractivity contribution in [1.29, 1.82) is 0 Å². The van der Waals surface area contributed by atoms with Gasteiger partial charge in [-0.2, -0.15) is 5.10 Å². The number of halogens is 3. The Bertz CT molecular complexity index is 669. The van der Waals surface area contributed by atoms with Gasteiger partial charge in [-0.1, -0.05) is 0 Å². The maximum Gasteiger partial charge on any atom is 0.251 e. The minimum atomic E-state index is -2.54. The Morgan fingerprint density at radius 2 is 2.09 bits per heavy atom. The van der Waals surface area contributed by atoms with Gasteiger partial charge in [-0.3, -0.25) is 4.68 Å². The first-order valence-corrected chi connectivity index (χ1v) is 7.32. The summed E-state index contributed by atoms with van der Waals surface area (Å²) in [6.07, 6.45) is 3.70. The molecule has 1 aromatic carbocycles. The van der Waals surface area contributed by atoms with E-state index in [9.17, 15) is 13.2 Å². The van der Waals surface area contributed by atoms with Crippen LogP contribution in [0.4, 0.5) is 13.2 Å². The third-order valence-corrected chi connectivity index (χ3v) is 3.85. The summed E-state index contributed by atoms with van der Waals surface area (Å²) in [5, 5.41) is 4.15. The van der Waals surface area contributed by atoms with Crippen LogP contribution in [-0.2, 0) is 6.54 Å². The summed E-state index contributed by atoms with van der Waals surface area (Å²) in [5.74, 6) is -3.20. The topological polar surface area (TPSA) is 27.1 Å². The minimum Gasteiger partial charge on any atom is -0.493 e. The zero-order chi connectivity index (χ0) is 15.7. The molecule has 2 aromatic rings. The number of nitrogens with zero attached hydrogens (tertiary/aromatic N) is 2. The zero-order valence-corrected chi connectivity index (χ0v) is 12.2. The van der Waals surface area contributed by atoms with Crippen LogP contribution in [0.2, 0.25) is 0 Å². The normalized spacial score (nSPS) is 19.2. The Morgan fingerprint density at radius 3 is 2.73 bits per heavy atom. The van der Waals surface area contributed by atoms with E-state index >= 15 is 0 Å². The van der Waals surface area contributed by atoms with Crippen molar-refractivity contribution in [2.45, 2.75) is 32.2 Å². The number of ether oxygens (including phenoxy) is 1. The maximum absolute atomic E-state index is 13.7. The first kappa shape index (κ1) is 14.9. The van der Waals surface area contributed by atoms with Crippen molar-refractivity contribution in [3.63, 3.8) is 0 Å². The molecule has 0 N–H and O–H groups in total. The number of rotatable bonds is 6. The number of benzene rings is 1. The Morgan fingerprint density at radius 1 is 1.32 bits per heavy atom. The molecular formula is C16H17F3N2O. The maximum atomic E-state index is 13.7. The molecule has 1 fully saturated rings. The molecule has 1 aliphatic rings. The summed E-state index contributed by atoms with van der Waals surface area (Å²) in [6, 6.07) is 4.36. The third kappa shape index (κ3) is 3.26. The van der Waals surface area contributed by atoms with E-state index in [-0.39, 0.29) is 19.4 Å². The second-order valence-corrected chi connectivity index (χ2v) is 5.56. The number of alkyl halides is 2. The molecule has 1 atom stereocenters. The quantitative estimate of drug-likeness (QED) is 0.802. The van der Waals surface area contributed by atoms with Gasteiger partial charge in [-0.15, -0.1) is 0 Å². The standard InChI is InChI=1S/C16H17F3N2O/c1-2-21-10-12(9-20-21)11-5-14(17)7-15(6-11)22-4-3-13-8-16(13,18)19/h5-7,9-10,13H,2-4,8H2,1H3. The zero-order valence-electron chi connectivity index (χ0n) is 12.2. The van der Waals surface area contributed by atoms with E-state index in [2.05, 4.69) is 5.10 Å². The predicted molar refractivity (Wildman–Crippen MR) is 76.5 cm³/mol. The predicted octanol–water partition coefficient (Wildman–Crippen LogP) is 4.13. The van der Waals surface area contributed by atoms with Gasteiger partial charge in [-0.05, 0) is 31.0 Å². The average molecular weight is 310 g/mol. The summed E-state index contributed by atoms with van der Waals surface area (Å²) >= 11 is 0. The van der Waals surface area contributed by atoms with Gasteiger partial charge in [0.1, 0.15) is 11.6 Å². The van der Waals surface area contributed by atoms with Crippen molar-refractivity contribution in [2.24, 2.45) is 5.92 Å². The minimum absolute atomic E-state index is 0.0685. The van der Waals surface area contributed by atoms with Gasteiger partial charge in [0.05, 0.1) is 12.8 Å². The van der Waals surface area contributed by atoms with Crippen LogP contribution in [0.5, 0.6) is 5.75 Å². The summed E-state index contributed by atoms with van der Waals surface area (Å²) in [7, 11) is 0. The molecular weight excluding hydrogens is 293 g/mol. The van der Waals surface area contributed by atoms with Gasteiger partial charge in [0.25, 0.3) is 5.92 Å². The summed E-state index contributed by atoms with van der Waals surface area (Å²) in [6.45, 7) is 2.86. The lowest BCUT2D eigenvalue weighted by Crippen LogP contribution is -2.02. The van der Waals surface area contributed by atoms with E-state index in [0.717, 1.165) is 12.1 Å². The first-order valence-electron chi connectivity index (χ1n) is 7.32. The van der Waals surface area contributed by atoms with Crippen molar-refractivity contribution in [1.82, 2.24) is 9.78 Å². The van der Waals surface area contributed by atoms with E-state index in [0.29, 0.717) is 11.3 Å². The molecule has 1 heterocycles. The molecule has 0 aliphatic heterocycles. The second kappa shape index (κ2) is 5.66. The smallest absolute Gasteiger partial charge is 0.251 e. The van der Waals surface area contributed by atoms with Gasteiger partial charge in [0.15, 0.2) is 0 Å². The van der Waals surface area contributed by atoms with Crippen LogP contribution in [0.15, 0.2) is 30.6 Å². The summed E-state index contributed by atoms with van der Waals surface area (Å²) in [4.78, 5) is 0. The third-order valence-electron chi connectivity index (χ3n) is 3.85. The fourth-order valence-electron chi connectivity index (χ4n) is 2.40. The molecule has 3 nitrogen and oxygen atoms in total. The molecule has 6 heteroatoms. The highest BCUT2D eigenvalue weighted by Crippen LogP contribution is 2.50. The highest BCUT2D eigenvalue weighted by molar-refractivity contribution is 5.63. The van der Waals surface area contributed by atoms with Crippen molar-refractivity contribution < 1.29 is 17.9 Å². The number of aromatic nitrogens is 2. The number of aryl methyl sites for hydroxylation is 1. The van der Waals surface area contributed by atoms with Crippen molar-refractivity contribution in [3.05, 3.63) is 36.4 Å². The van der Waals surface area contributed by atoms with E-state index in [4.69, 9.17) is 4.74 Å². The van der Waals surface area contributed by atoms with Crippen LogP contribution < -0.4 is 4.74 Å². The molecule has 1 aliphatic carbocycles. The summed E-state index contributed by atoms with van der Waals surface area (Å²) in [5.41, 5.74) is 1.45. The first-order chi connectivity index (χ1) is 10.5. The van der Waals surface area contributed by atoms with E-state index in [1.165, 1.54) is 12.1 Å². The Hall–Kier alpha value is -1.98. The van der Waals surface area contributed by atoms with Gasteiger partial charge in [-0.25, -0.2) is 13.2 Å². The molecule has 118 valence electrons. The Kier molecular flexibility index (Phi) is 3.85. The fraction of sp³-hybridized carbons (Fsp3) is 0.438. The molecule has 0 radical (unpaired) electrons. The fourth-order valence-corrected chi connectivity index (χ4v) is 2.40. The van der Waals surface area contributed by atoms with Crippen molar-refractivity contribution >= 4 is 0 Å². The molecule has 1 saturated carbocycles. The average Bonchev–Trinajstić information content (AvgIpc) is 2.90. The van der Waals surface area contributed by atoms with E-state index in [1.807, 2.05) is 13.1 Å². The van der Waals surface area contributed by atoms with E-state index < -0.39 is 17.7 Å². The van der Waals surface area contributed by atoms with Crippen molar-refractivity contribution in [3.8, 4) is 16.9 Å². The van der Waals surface area contributed by atoms with Crippen LogP contribution in [0, 0.1) is 11.7 Å². The van der Waals surface area contributed by atoms with Crippen molar-refractivity contribution in [2.75, 3.05) is 6.61 Å².